The van der Waals surface area contributed by atoms with Gasteiger partial charge in [0.2, 0.25) is 5.91 Å². The Morgan fingerprint density at radius 3 is 2.71 bits per heavy atom. The molecule has 0 aliphatic rings. The van der Waals surface area contributed by atoms with Crippen LogP contribution < -0.4 is 5.32 Å². The van der Waals surface area contributed by atoms with Crippen LogP contribution in [0, 0.1) is 11.3 Å². The van der Waals surface area contributed by atoms with Crippen molar-refractivity contribution in [2.45, 2.75) is 13.8 Å². The fraction of sp³-hybridized carbons (Fsp3) is 0.250. The number of hydrogen-bond donors (Lipinski definition) is 1. The van der Waals surface area contributed by atoms with E-state index in [0.29, 0.717) is 22.5 Å². The highest BCUT2D eigenvalue weighted by Gasteiger charge is 2.07. The molecule has 1 aromatic carbocycles. The topological polar surface area (TPSA) is 74.5 Å². The van der Waals surface area contributed by atoms with Crippen LogP contribution in [0.4, 0.5) is 5.69 Å². The van der Waals surface area contributed by atoms with E-state index in [2.05, 4.69) is 21.4 Å². The number of nitriles is 1. The molecule has 0 unspecified atom stereocenters. The molecule has 0 aliphatic heterocycles. The molecule has 0 spiro atoms. The maximum atomic E-state index is 10.9. The number of nitrogens with one attached hydrogen (secondary N) is 1. The largest absolute Gasteiger partial charge is 0.399 e. The second-order valence-electron chi connectivity index (χ2n) is 3.41. The predicted octanol–water partition coefficient (Wildman–Crippen LogP) is 1.89. The lowest BCUT2D eigenvalue weighted by atomic mass is 10.0. The number of carbonyl (C=O) groups excluding carboxylic acids is 1. The molecular weight excluding hydrogens is 218 g/mol. The molecule has 0 heterocycles. The Balaban J connectivity index is 3.15. The first-order valence-corrected chi connectivity index (χ1v) is 4.98. The summed E-state index contributed by atoms with van der Waals surface area (Å²) in [7, 11) is 1.45. The van der Waals surface area contributed by atoms with Gasteiger partial charge in [-0.2, -0.15) is 5.26 Å². The van der Waals surface area contributed by atoms with Gasteiger partial charge in [0.1, 0.15) is 7.11 Å². The Morgan fingerprint density at radius 1 is 1.47 bits per heavy atom. The highest BCUT2D eigenvalue weighted by molar-refractivity contribution is 6.01. The molecule has 1 amide bonds. The molecule has 0 aliphatic carbocycles. The molecule has 1 N–H and O–H groups in total. The molecule has 17 heavy (non-hydrogen) atoms. The van der Waals surface area contributed by atoms with Crippen LogP contribution >= 0.6 is 0 Å². The third-order valence-corrected chi connectivity index (χ3v) is 2.08. The van der Waals surface area contributed by atoms with Crippen LogP contribution in [0.5, 0.6) is 0 Å². The van der Waals surface area contributed by atoms with Crippen LogP contribution in [-0.2, 0) is 9.63 Å². The van der Waals surface area contributed by atoms with Crippen LogP contribution in [0.3, 0.4) is 0 Å². The molecule has 88 valence electrons. The smallest absolute Gasteiger partial charge is 0.221 e. The van der Waals surface area contributed by atoms with Gasteiger partial charge in [-0.25, -0.2) is 0 Å². The molecule has 0 aromatic heterocycles. The average molecular weight is 231 g/mol. The number of hydrogen-bond acceptors (Lipinski definition) is 4. The predicted molar refractivity (Wildman–Crippen MR) is 64.7 cm³/mol. The van der Waals surface area contributed by atoms with E-state index < -0.39 is 0 Å². The Morgan fingerprint density at radius 2 is 2.18 bits per heavy atom. The van der Waals surface area contributed by atoms with Gasteiger partial charge in [-0.05, 0) is 25.1 Å². The molecule has 0 radical (unpaired) electrons. The fourth-order valence-corrected chi connectivity index (χ4v) is 1.42. The molecule has 1 rings (SSSR count). The highest BCUT2D eigenvalue weighted by atomic mass is 16.6. The van der Waals surface area contributed by atoms with E-state index in [-0.39, 0.29) is 5.91 Å². The van der Waals surface area contributed by atoms with E-state index in [4.69, 9.17) is 5.26 Å². The zero-order chi connectivity index (χ0) is 12.8. The number of oxime groups is 1. The van der Waals surface area contributed by atoms with Crippen molar-refractivity contribution in [3.8, 4) is 6.07 Å². The first-order valence-electron chi connectivity index (χ1n) is 4.98. The van der Waals surface area contributed by atoms with Crippen molar-refractivity contribution in [3.63, 3.8) is 0 Å². The van der Waals surface area contributed by atoms with Crippen LogP contribution in [0.15, 0.2) is 23.4 Å². The SMILES string of the molecule is CO/N=C(\C)c1ccc(NC(C)=O)cc1C#N. The van der Waals surface area contributed by atoms with Gasteiger partial charge in [0.05, 0.1) is 17.3 Å². The molecular formula is C12H13N3O2. The van der Waals surface area contributed by atoms with Crippen LogP contribution in [0.1, 0.15) is 25.0 Å². The Hall–Kier alpha value is -2.35. The summed E-state index contributed by atoms with van der Waals surface area (Å²) >= 11 is 0. The zero-order valence-electron chi connectivity index (χ0n) is 9.94. The quantitative estimate of drug-likeness (QED) is 0.637. The summed E-state index contributed by atoms with van der Waals surface area (Å²) in [5.74, 6) is -0.177. The first kappa shape index (κ1) is 12.7. The molecule has 5 heteroatoms. The third kappa shape index (κ3) is 3.31. The molecule has 0 saturated carbocycles. The summed E-state index contributed by atoms with van der Waals surface area (Å²) in [5.41, 5.74) is 2.32. The van der Waals surface area contributed by atoms with E-state index in [1.54, 1.807) is 25.1 Å². The van der Waals surface area contributed by atoms with Gasteiger partial charge in [0.25, 0.3) is 0 Å². The van der Waals surface area contributed by atoms with Crippen molar-refractivity contribution < 1.29 is 9.63 Å². The van der Waals surface area contributed by atoms with E-state index in [1.807, 2.05) is 0 Å². The Kier molecular flexibility index (Phi) is 4.23. The molecule has 0 atom stereocenters. The first-order chi connectivity index (χ1) is 8.08. The Labute approximate surface area is 99.7 Å². The van der Waals surface area contributed by atoms with Crippen molar-refractivity contribution >= 4 is 17.3 Å². The summed E-state index contributed by atoms with van der Waals surface area (Å²) in [5, 5.41) is 15.4. The van der Waals surface area contributed by atoms with Crippen LogP contribution in [-0.4, -0.2) is 18.7 Å². The molecule has 1 aromatic rings. The average Bonchev–Trinajstić information content (AvgIpc) is 2.28. The number of carbonyl (C=O) groups is 1. The minimum atomic E-state index is -0.177. The lowest BCUT2D eigenvalue weighted by molar-refractivity contribution is -0.114. The molecule has 0 saturated heterocycles. The summed E-state index contributed by atoms with van der Waals surface area (Å²) < 4.78 is 0. The Bertz CT molecular complexity index is 501. The van der Waals surface area contributed by atoms with Crippen molar-refractivity contribution in [1.82, 2.24) is 0 Å². The van der Waals surface area contributed by atoms with E-state index in [9.17, 15) is 4.79 Å². The molecule has 0 bridgehead atoms. The highest BCUT2D eigenvalue weighted by Crippen LogP contribution is 2.16. The van der Waals surface area contributed by atoms with Crippen molar-refractivity contribution in [2.24, 2.45) is 5.16 Å². The van der Waals surface area contributed by atoms with E-state index >= 15 is 0 Å². The van der Waals surface area contributed by atoms with Crippen molar-refractivity contribution in [1.29, 1.82) is 5.26 Å². The monoisotopic (exact) mass is 231 g/mol. The maximum Gasteiger partial charge on any atom is 0.221 e. The minimum Gasteiger partial charge on any atom is -0.399 e. The van der Waals surface area contributed by atoms with Gasteiger partial charge in [0, 0.05) is 18.2 Å². The van der Waals surface area contributed by atoms with Gasteiger partial charge in [-0.15, -0.1) is 0 Å². The molecule has 5 nitrogen and oxygen atoms in total. The number of rotatable bonds is 3. The second kappa shape index (κ2) is 5.66. The normalized spacial score (nSPS) is 10.6. The number of nitrogens with zero attached hydrogens (tertiary/aromatic N) is 2. The summed E-state index contributed by atoms with van der Waals surface area (Å²) in [4.78, 5) is 15.6. The van der Waals surface area contributed by atoms with Gasteiger partial charge < -0.3 is 10.2 Å². The summed E-state index contributed by atoms with van der Waals surface area (Å²) in [6, 6.07) is 7.10. The van der Waals surface area contributed by atoms with Gasteiger partial charge in [0.15, 0.2) is 0 Å². The third-order valence-electron chi connectivity index (χ3n) is 2.08. The lowest BCUT2D eigenvalue weighted by Gasteiger charge is -2.06. The second-order valence-corrected chi connectivity index (χ2v) is 3.41. The van der Waals surface area contributed by atoms with Crippen molar-refractivity contribution in [2.75, 3.05) is 12.4 Å². The van der Waals surface area contributed by atoms with Gasteiger partial charge in [-0.3, -0.25) is 4.79 Å². The number of amides is 1. The van der Waals surface area contributed by atoms with E-state index in [0.717, 1.165) is 0 Å². The number of benzene rings is 1. The minimum absolute atomic E-state index is 0.177. The zero-order valence-corrected chi connectivity index (χ0v) is 9.94. The van der Waals surface area contributed by atoms with Gasteiger partial charge >= 0.3 is 0 Å². The lowest BCUT2D eigenvalue weighted by Crippen LogP contribution is -2.07. The fourth-order valence-electron chi connectivity index (χ4n) is 1.42. The van der Waals surface area contributed by atoms with Crippen LogP contribution in [0.25, 0.3) is 0 Å². The van der Waals surface area contributed by atoms with E-state index in [1.165, 1.54) is 14.0 Å². The van der Waals surface area contributed by atoms with Crippen molar-refractivity contribution in [3.05, 3.63) is 29.3 Å². The van der Waals surface area contributed by atoms with Gasteiger partial charge in [-0.1, -0.05) is 5.16 Å². The number of anilines is 1. The summed E-state index contributed by atoms with van der Waals surface area (Å²) in [6.45, 7) is 3.16. The molecule has 0 fully saturated rings. The van der Waals surface area contributed by atoms with Crippen LogP contribution in [0.2, 0.25) is 0 Å². The summed E-state index contributed by atoms with van der Waals surface area (Å²) in [6.07, 6.45) is 0. The standard InChI is InChI=1S/C12H13N3O2/c1-8(15-17-3)12-5-4-11(14-9(2)16)6-10(12)7-13/h4-6H,1-3H3,(H,14,16)/b15-8+. The maximum absolute atomic E-state index is 10.9.